The molecule has 0 unspecified atom stereocenters. The van der Waals surface area contributed by atoms with E-state index in [-0.39, 0.29) is 0 Å². The molecule has 78 valence electrons. The van der Waals surface area contributed by atoms with Crippen LogP contribution in [0.1, 0.15) is 17.5 Å². The molecule has 1 rings (SSSR count). The third-order valence-electron chi connectivity index (χ3n) is 1.96. The van der Waals surface area contributed by atoms with E-state index >= 15 is 0 Å². The molecule has 0 bridgehead atoms. The van der Waals surface area contributed by atoms with E-state index < -0.39 is 0 Å². The molecule has 0 amide bonds. The maximum absolute atomic E-state index is 5.59. The van der Waals surface area contributed by atoms with Gasteiger partial charge in [-0.2, -0.15) is 0 Å². The number of hydrogen-bond donors (Lipinski definition) is 0. The lowest BCUT2D eigenvalue weighted by Crippen LogP contribution is -2.01. The summed E-state index contributed by atoms with van der Waals surface area (Å²) >= 11 is 0. The molecule has 14 heavy (non-hydrogen) atoms. The number of methoxy groups -OCH3 is 1. The summed E-state index contributed by atoms with van der Waals surface area (Å²) in [6, 6.07) is 6.25. The Balaban J connectivity index is 2.42. The monoisotopic (exact) mass is 194 g/mol. The largest absolute Gasteiger partial charge is 0.493 e. The van der Waals surface area contributed by atoms with Crippen molar-refractivity contribution < 1.29 is 9.47 Å². The van der Waals surface area contributed by atoms with Crippen LogP contribution in [0.2, 0.25) is 0 Å². The fourth-order valence-electron chi connectivity index (χ4n) is 1.41. The van der Waals surface area contributed by atoms with Crippen LogP contribution >= 0.6 is 0 Å². The minimum atomic E-state index is 0.719. The normalized spacial score (nSPS) is 10.2. The van der Waals surface area contributed by atoms with Crippen molar-refractivity contribution in [2.24, 2.45) is 0 Å². The van der Waals surface area contributed by atoms with Gasteiger partial charge in [0.25, 0.3) is 0 Å². The highest BCUT2D eigenvalue weighted by atomic mass is 16.5. The standard InChI is InChI=1S/C12H18O2/c1-10-7-11(2)9-12(8-10)14-6-4-5-13-3/h7-9H,4-6H2,1-3H3. The summed E-state index contributed by atoms with van der Waals surface area (Å²) in [6.45, 7) is 5.63. The molecule has 1 aromatic carbocycles. The Bertz CT molecular complexity index is 261. The van der Waals surface area contributed by atoms with Gasteiger partial charge in [-0.25, -0.2) is 0 Å². The van der Waals surface area contributed by atoms with E-state index in [2.05, 4.69) is 32.0 Å². The van der Waals surface area contributed by atoms with Gasteiger partial charge in [-0.05, 0) is 37.1 Å². The lowest BCUT2D eigenvalue weighted by atomic mass is 10.1. The van der Waals surface area contributed by atoms with E-state index in [4.69, 9.17) is 9.47 Å². The quantitative estimate of drug-likeness (QED) is 0.671. The van der Waals surface area contributed by atoms with Crippen LogP contribution in [0.4, 0.5) is 0 Å². The SMILES string of the molecule is COCCCOc1cc(C)cc(C)c1. The molecule has 0 heterocycles. The fourth-order valence-corrected chi connectivity index (χ4v) is 1.41. The maximum atomic E-state index is 5.59. The second kappa shape index (κ2) is 5.66. The first-order chi connectivity index (χ1) is 6.72. The molecule has 0 spiro atoms. The van der Waals surface area contributed by atoms with Crippen molar-refractivity contribution in [3.8, 4) is 5.75 Å². The van der Waals surface area contributed by atoms with Gasteiger partial charge in [0.15, 0.2) is 0 Å². The molecule has 0 aromatic heterocycles. The van der Waals surface area contributed by atoms with Crippen molar-refractivity contribution in [3.05, 3.63) is 29.3 Å². The van der Waals surface area contributed by atoms with Gasteiger partial charge in [0.1, 0.15) is 5.75 Å². The molecule has 1 aromatic rings. The van der Waals surface area contributed by atoms with Crippen LogP contribution < -0.4 is 4.74 Å². The van der Waals surface area contributed by atoms with Crippen LogP contribution in [-0.4, -0.2) is 20.3 Å². The third-order valence-corrected chi connectivity index (χ3v) is 1.96. The van der Waals surface area contributed by atoms with Gasteiger partial charge >= 0.3 is 0 Å². The lowest BCUT2D eigenvalue weighted by molar-refractivity contribution is 0.172. The number of benzene rings is 1. The predicted molar refractivity (Wildman–Crippen MR) is 57.9 cm³/mol. The minimum Gasteiger partial charge on any atom is -0.493 e. The van der Waals surface area contributed by atoms with Crippen molar-refractivity contribution in [1.82, 2.24) is 0 Å². The first-order valence-electron chi connectivity index (χ1n) is 4.92. The zero-order valence-corrected chi connectivity index (χ0v) is 9.17. The van der Waals surface area contributed by atoms with Gasteiger partial charge in [0.05, 0.1) is 6.61 Å². The van der Waals surface area contributed by atoms with E-state index in [0.29, 0.717) is 0 Å². The lowest BCUT2D eigenvalue weighted by Gasteiger charge is -2.07. The molecule has 0 saturated heterocycles. The molecule has 0 radical (unpaired) electrons. The van der Waals surface area contributed by atoms with Gasteiger partial charge < -0.3 is 9.47 Å². The van der Waals surface area contributed by atoms with Crippen molar-refractivity contribution in [3.63, 3.8) is 0 Å². The number of hydrogen-bond acceptors (Lipinski definition) is 2. The minimum absolute atomic E-state index is 0.719. The smallest absolute Gasteiger partial charge is 0.119 e. The summed E-state index contributed by atoms with van der Waals surface area (Å²) in [5.41, 5.74) is 2.48. The van der Waals surface area contributed by atoms with Crippen LogP contribution in [0.25, 0.3) is 0 Å². The van der Waals surface area contributed by atoms with Gasteiger partial charge in [-0.3, -0.25) is 0 Å². The van der Waals surface area contributed by atoms with Crippen molar-refractivity contribution >= 4 is 0 Å². The molecule has 2 nitrogen and oxygen atoms in total. The Morgan fingerprint density at radius 3 is 2.21 bits per heavy atom. The van der Waals surface area contributed by atoms with E-state index in [1.165, 1.54) is 11.1 Å². The highest BCUT2D eigenvalue weighted by Gasteiger charge is 1.96. The summed E-state index contributed by atoms with van der Waals surface area (Å²) in [4.78, 5) is 0. The Kier molecular flexibility index (Phi) is 4.47. The number of aryl methyl sites for hydroxylation is 2. The molecule has 0 saturated carbocycles. The van der Waals surface area contributed by atoms with Crippen LogP contribution in [0.3, 0.4) is 0 Å². The summed E-state index contributed by atoms with van der Waals surface area (Å²) in [7, 11) is 1.71. The maximum Gasteiger partial charge on any atom is 0.119 e. The second-order valence-corrected chi connectivity index (χ2v) is 3.52. The van der Waals surface area contributed by atoms with Crippen LogP contribution in [0, 0.1) is 13.8 Å². The van der Waals surface area contributed by atoms with E-state index in [0.717, 1.165) is 25.4 Å². The summed E-state index contributed by atoms with van der Waals surface area (Å²) in [5, 5.41) is 0. The van der Waals surface area contributed by atoms with Gasteiger partial charge in [-0.1, -0.05) is 6.07 Å². The average Bonchev–Trinajstić information content (AvgIpc) is 2.11. The van der Waals surface area contributed by atoms with E-state index in [9.17, 15) is 0 Å². The number of ether oxygens (including phenoxy) is 2. The molecular formula is C12H18O2. The number of rotatable bonds is 5. The third kappa shape index (κ3) is 3.79. The van der Waals surface area contributed by atoms with E-state index in [1.807, 2.05) is 0 Å². The van der Waals surface area contributed by atoms with Crippen molar-refractivity contribution in [1.29, 1.82) is 0 Å². The van der Waals surface area contributed by atoms with Gasteiger partial charge in [0.2, 0.25) is 0 Å². The molecule has 0 aliphatic carbocycles. The predicted octanol–water partition coefficient (Wildman–Crippen LogP) is 2.72. The summed E-state index contributed by atoms with van der Waals surface area (Å²) in [5.74, 6) is 0.957. The molecule has 0 aliphatic rings. The Morgan fingerprint density at radius 2 is 1.64 bits per heavy atom. The molecule has 0 N–H and O–H groups in total. The van der Waals surface area contributed by atoms with E-state index in [1.54, 1.807) is 7.11 Å². The molecular weight excluding hydrogens is 176 g/mol. The second-order valence-electron chi connectivity index (χ2n) is 3.52. The summed E-state index contributed by atoms with van der Waals surface area (Å²) in [6.07, 6.45) is 0.934. The molecule has 0 atom stereocenters. The van der Waals surface area contributed by atoms with Crippen LogP contribution in [0.15, 0.2) is 18.2 Å². The Labute approximate surface area is 85.8 Å². The molecule has 0 aliphatic heterocycles. The average molecular weight is 194 g/mol. The van der Waals surface area contributed by atoms with Crippen LogP contribution in [-0.2, 0) is 4.74 Å². The fraction of sp³-hybridized carbons (Fsp3) is 0.500. The Hall–Kier alpha value is -1.02. The van der Waals surface area contributed by atoms with Gasteiger partial charge in [-0.15, -0.1) is 0 Å². The Morgan fingerprint density at radius 1 is 1.00 bits per heavy atom. The first kappa shape index (κ1) is 11.1. The molecule has 0 fully saturated rings. The van der Waals surface area contributed by atoms with Gasteiger partial charge in [0, 0.05) is 20.1 Å². The highest BCUT2D eigenvalue weighted by molar-refractivity contribution is 5.32. The highest BCUT2D eigenvalue weighted by Crippen LogP contribution is 2.16. The summed E-state index contributed by atoms with van der Waals surface area (Å²) < 4.78 is 10.5. The topological polar surface area (TPSA) is 18.5 Å². The molecule has 2 heteroatoms. The first-order valence-corrected chi connectivity index (χ1v) is 4.92. The zero-order valence-electron chi connectivity index (χ0n) is 9.17. The zero-order chi connectivity index (χ0) is 10.4. The van der Waals surface area contributed by atoms with Crippen LogP contribution in [0.5, 0.6) is 5.75 Å². The van der Waals surface area contributed by atoms with Crippen molar-refractivity contribution in [2.45, 2.75) is 20.3 Å². The van der Waals surface area contributed by atoms with Crippen molar-refractivity contribution in [2.75, 3.05) is 20.3 Å².